The summed E-state index contributed by atoms with van der Waals surface area (Å²) in [5.74, 6) is -0.943. The van der Waals surface area contributed by atoms with E-state index in [0.717, 1.165) is 17.7 Å². The second-order valence-electron chi connectivity index (χ2n) is 5.22. The van der Waals surface area contributed by atoms with Crippen LogP contribution >= 0.6 is 0 Å². The summed E-state index contributed by atoms with van der Waals surface area (Å²) in [6.07, 6.45) is 2.16. The summed E-state index contributed by atoms with van der Waals surface area (Å²) in [6, 6.07) is 5.52. The molecule has 0 aromatic heterocycles. The number of nitrogens with one attached hydrogen (secondary N) is 4. The van der Waals surface area contributed by atoms with Gasteiger partial charge >= 0.3 is 5.97 Å². The van der Waals surface area contributed by atoms with Crippen LogP contribution in [0.1, 0.15) is 22.8 Å². The largest absolute Gasteiger partial charge is 0.462 e. The average Bonchev–Trinajstić information content (AvgIpc) is 2.61. The molecule has 1 aliphatic rings. The van der Waals surface area contributed by atoms with Gasteiger partial charge in [0.25, 0.3) is 5.91 Å². The molecule has 1 aromatic carbocycles. The highest BCUT2D eigenvalue weighted by molar-refractivity contribution is 6.18. The molecule has 2 rings (SSSR count). The van der Waals surface area contributed by atoms with Crippen LogP contribution in [0.3, 0.4) is 0 Å². The highest BCUT2D eigenvalue weighted by Crippen LogP contribution is 2.18. The molecule has 1 aromatic rings. The summed E-state index contributed by atoms with van der Waals surface area (Å²) in [4.78, 5) is 26.9. The van der Waals surface area contributed by atoms with Gasteiger partial charge in [-0.2, -0.15) is 0 Å². The third-order valence-corrected chi connectivity index (χ3v) is 3.58. The Bertz CT molecular complexity index is 727. The number of amides is 1. The van der Waals surface area contributed by atoms with Gasteiger partial charge in [-0.25, -0.2) is 9.79 Å². The molecule has 0 atom stereocenters. The van der Waals surface area contributed by atoms with E-state index in [9.17, 15) is 9.59 Å². The van der Waals surface area contributed by atoms with Crippen LogP contribution < -0.4 is 16.0 Å². The van der Waals surface area contributed by atoms with Crippen molar-refractivity contribution >= 4 is 30.1 Å². The van der Waals surface area contributed by atoms with E-state index in [1.807, 2.05) is 12.1 Å². The average molecular weight is 343 g/mol. The maximum atomic E-state index is 11.8. The van der Waals surface area contributed by atoms with Gasteiger partial charge in [-0.3, -0.25) is 10.2 Å². The number of hydrogen-bond donors (Lipinski definition) is 4. The van der Waals surface area contributed by atoms with Crippen molar-refractivity contribution in [2.75, 3.05) is 25.1 Å². The first kappa shape index (κ1) is 18.2. The molecular weight excluding hydrogens is 322 g/mol. The van der Waals surface area contributed by atoms with Crippen LogP contribution in [0.4, 0.5) is 5.69 Å². The molecule has 8 heteroatoms. The summed E-state index contributed by atoms with van der Waals surface area (Å²) in [5.41, 5.74) is 2.54. The summed E-state index contributed by atoms with van der Waals surface area (Å²) in [6.45, 7) is 6.10. The molecule has 0 unspecified atom stereocenters. The summed E-state index contributed by atoms with van der Waals surface area (Å²) >= 11 is 0. The molecule has 1 amide bonds. The fraction of sp³-hybridized carbons (Fsp3) is 0.294. The van der Waals surface area contributed by atoms with Crippen LogP contribution in [-0.2, 0) is 16.0 Å². The minimum atomic E-state index is -0.632. The van der Waals surface area contributed by atoms with Gasteiger partial charge in [0, 0.05) is 24.0 Å². The second-order valence-corrected chi connectivity index (χ2v) is 5.22. The number of ether oxygens (including phenoxy) is 1. The Kier molecular flexibility index (Phi) is 6.27. The standard InChI is InChI=1S/C17H21N5O3/c1-3-25-17(24)14(15(18)19-2)9-20-10-22-12-4-5-13-11(8-12)6-7-21-16(13)23/h4-5,8-9,18,20,22H,2-3,6-7,10H2,1H3,(H,21,23)/b14-9+,18-15?. The number of amidine groups is 1. The van der Waals surface area contributed by atoms with Gasteiger partial charge in [-0.15, -0.1) is 0 Å². The molecule has 132 valence electrons. The van der Waals surface area contributed by atoms with Crippen LogP contribution in [0.5, 0.6) is 0 Å². The Morgan fingerprint density at radius 3 is 3.04 bits per heavy atom. The van der Waals surface area contributed by atoms with E-state index in [2.05, 4.69) is 27.7 Å². The lowest BCUT2D eigenvalue weighted by Gasteiger charge is -2.17. The van der Waals surface area contributed by atoms with Gasteiger partial charge in [-0.1, -0.05) is 0 Å². The number of rotatable bonds is 7. The lowest BCUT2D eigenvalue weighted by molar-refractivity contribution is -0.137. The van der Waals surface area contributed by atoms with Gasteiger partial charge < -0.3 is 20.7 Å². The van der Waals surface area contributed by atoms with Crippen molar-refractivity contribution in [1.82, 2.24) is 10.6 Å². The van der Waals surface area contributed by atoms with Crippen LogP contribution in [0.25, 0.3) is 0 Å². The molecule has 8 nitrogen and oxygen atoms in total. The van der Waals surface area contributed by atoms with Gasteiger partial charge in [-0.05, 0) is 43.8 Å². The predicted molar refractivity (Wildman–Crippen MR) is 96.1 cm³/mol. The lowest BCUT2D eigenvalue weighted by atomic mass is 10.00. The fourth-order valence-electron chi connectivity index (χ4n) is 2.36. The monoisotopic (exact) mass is 343 g/mol. The quantitative estimate of drug-likeness (QED) is 0.148. The van der Waals surface area contributed by atoms with Crippen molar-refractivity contribution in [3.8, 4) is 0 Å². The maximum absolute atomic E-state index is 11.8. The van der Waals surface area contributed by atoms with Gasteiger partial charge in [0.15, 0.2) is 5.84 Å². The molecule has 25 heavy (non-hydrogen) atoms. The Labute approximate surface area is 145 Å². The zero-order valence-corrected chi connectivity index (χ0v) is 14.0. The van der Waals surface area contributed by atoms with E-state index < -0.39 is 5.97 Å². The van der Waals surface area contributed by atoms with Gasteiger partial charge in [0.05, 0.1) is 13.3 Å². The number of carbonyl (C=O) groups is 2. The van der Waals surface area contributed by atoms with Crippen LogP contribution in [0.2, 0.25) is 0 Å². The first-order chi connectivity index (χ1) is 12.1. The zero-order valence-electron chi connectivity index (χ0n) is 14.0. The fourth-order valence-corrected chi connectivity index (χ4v) is 2.36. The summed E-state index contributed by atoms with van der Waals surface area (Å²) in [7, 11) is 0. The van der Waals surface area contributed by atoms with E-state index >= 15 is 0 Å². The normalized spacial score (nSPS) is 13.3. The third-order valence-electron chi connectivity index (χ3n) is 3.58. The Morgan fingerprint density at radius 1 is 1.52 bits per heavy atom. The molecule has 0 saturated carbocycles. The second kappa shape index (κ2) is 8.62. The van der Waals surface area contributed by atoms with Gasteiger partial charge in [0.2, 0.25) is 0 Å². The molecule has 0 radical (unpaired) electrons. The minimum absolute atomic E-state index is 0.000706. The van der Waals surface area contributed by atoms with E-state index in [1.165, 1.54) is 6.20 Å². The topological polar surface area (TPSA) is 116 Å². The van der Waals surface area contributed by atoms with Crippen molar-refractivity contribution in [2.45, 2.75) is 13.3 Å². The SMILES string of the molecule is C=NC(=N)/C(=C\NCNc1ccc2c(c1)CCNC2=O)C(=O)OCC. The predicted octanol–water partition coefficient (Wildman–Crippen LogP) is 1.06. The number of anilines is 1. The number of nitrogens with zero attached hydrogens (tertiary/aromatic N) is 1. The molecule has 0 fully saturated rings. The molecular formula is C17H21N5O3. The van der Waals surface area contributed by atoms with Crippen LogP contribution in [-0.4, -0.2) is 44.2 Å². The molecule has 0 saturated heterocycles. The number of benzene rings is 1. The smallest absolute Gasteiger partial charge is 0.343 e. The Balaban J connectivity index is 1.97. The zero-order chi connectivity index (χ0) is 18.2. The lowest BCUT2D eigenvalue weighted by Crippen LogP contribution is -2.31. The molecule has 4 N–H and O–H groups in total. The summed E-state index contributed by atoms with van der Waals surface area (Å²) < 4.78 is 4.88. The number of fused-ring (bicyclic) bond motifs is 1. The molecule has 0 aliphatic carbocycles. The van der Waals surface area contributed by atoms with Crippen LogP contribution in [0, 0.1) is 5.41 Å². The van der Waals surface area contributed by atoms with E-state index in [4.69, 9.17) is 10.1 Å². The van der Waals surface area contributed by atoms with Crippen molar-refractivity contribution < 1.29 is 14.3 Å². The first-order valence-corrected chi connectivity index (χ1v) is 7.88. The first-order valence-electron chi connectivity index (χ1n) is 7.88. The molecule has 0 spiro atoms. The van der Waals surface area contributed by atoms with E-state index in [1.54, 1.807) is 13.0 Å². The van der Waals surface area contributed by atoms with Crippen molar-refractivity contribution in [3.63, 3.8) is 0 Å². The Morgan fingerprint density at radius 2 is 2.32 bits per heavy atom. The van der Waals surface area contributed by atoms with E-state index in [-0.39, 0.29) is 23.9 Å². The van der Waals surface area contributed by atoms with E-state index in [0.29, 0.717) is 18.8 Å². The highest BCUT2D eigenvalue weighted by atomic mass is 16.5. The molecule has 1 aliphatic heterocycles. The molecule has 0 bridgehead atoms. The van der Waals surface area contributed by atoms with Gasteiger partial charge in [0.1, 0.15) is 5.57 Å². The third kappa shape index (κ3) is 4.66. The maximum Gasteiger partial charge on any atom is 0.343 e. The van der Waals surface area contributed by atoms with Crippen molar-refractivity contribution in [1.29, 1.82) is 5.41 Å². The number of hydrogen-bond acceptors (Lipinski definition) is 6. The number of aliphatic imine (C=N–C) groups is 1. The molecule has 1 heterocycles. The highest BCUT2D eigenvalue weighted by Gasteiger charge is 2.16. The summed E-state index contributed by atoms with van der Waals surface area (Å²) in [5, 5.41) is 16.5. The van der Waals surface area contributed by atoms with Crippen molar-refractivity contribution in [3.05, 3.63) is 41.1 Å². The minimum Gasteiger partial charge on any atom is -0.462 e. The van der Waals surface area contributed by atoms with Crippen LogP contribution in [0.15, 0.2) is 35.0 Å². The Hall–Kier alpha value is -3.16. The van der Waals surface area contributed by atoms with Crippen molar-refractivity contribution in [2.24, 2.45) is 4.99 Å². The number of carbonyl (C=O) groups excluding carboxylic acids is 2. The number of esters is 1.